The van der Waals surface area contributed by atoms with Gasteiger partial charge < -0.3 is 44.6 Å². The molecule has 0 radical (unpaired) electrons. The zero-order valence-corrected chi connectivity index (χ0v) is 46.3. The number of methoxy groups -OCH3 is 2. The van der Waals surface area contributed by atoms with Gasteiger partial charge in [0.15, 0.2) is 5.96 Å². The summed E-state index contributed by atoms with van der Waals surface area (Å²) < 4.78 is 12.2. The van der Waals surface area contributed by atoms with Crippen LogP contribution in [-0.2, 0) is 56.0 Å². The van der Waals surface area contributed by atoms with E-state index in [4.69, 9.17) is 14.5 Å². The van der Waals surface area contributed by atoms with Crippen LogP contribution in [0.15, 0.2) is 71.7 Å². The number of guanidine groups is 1. The molecule has 2 heterocycles. The van der Waals surface area contributed by atoms with E-state index in [1.165, 1.54) is 22.0 Å². The summed E-state index contributed by atoms with van der Waals surface area (Å²) in [4.78, 5) is 109. The summed E-state index contributed by atoms with van der Waals surface area (Å²) in [6.45, 7) is 10.9. The number of anilines is 1. The lowest BCUT2D eigenvalue weighted by molar-refractivity contribution is -0.146. The van der Waals surface area contributed by atoms with Crippen LogP contribution in [0.2, 0.25) is 0 Å². The van der Waals surface area contributed by atoms with Gasteiger partial charge in [-0.05, 0) is 60.8 Å². The number of carbonyl (C=O) groups excluding carboxylic acids is 7. The predicted molar refractivity (Wildman–Crippen MR) is 288 cm³/mol. The Bertz CT molecular complexity index is 2230. The summed E-state index contributed by atoms with van der Waals surface area (Å²) in [6.07, 6.45) is 5.76. The van der Waals surface area contributed by atoms with Gasteiger partial charge in [-0.15, -0.1) is 0 Å². The van der Waals surface area contributed by atoms with Crippen molar-refractivity contribution in [3.8, 4) is 0 Å². The summed E-state index contributed by atoms with van der Waals surface area (Å²) in [5.41, 5.74) is 2.30. The first-order chi connectivity index (χ1) is 35.1. The van der Waals surface area contributed by atoms with Gasteiger partial charge in [0.1, 0.15) is 12.1 Å². The predicted octanol–water partition coefficient (Wildman–Crippen LogP) is 4.90. The number of benzene rings is 2. The van der Waals surface area contributed by atoms with Gasteiger partial charge in [0.05, 0.1) is 36.6 Å². The van der Waals surface area contributed by atoms with E-state index in [2.05, 4.69) is 24.5 Å². The minimum atomic E-state index is -0.943. The molecule has 8 atom stereocenters. The largest absolute Gasteiger partial charge is 0.379 e. The molecule has 18 nitrogen and oxygen atoms in total. The van der Waals surface area contributed by atoms with E-state index in [0.717, 1.165) is 17.5 Å². The maximum Gasteiger partial charge on any atom is 0.253 e. The number of likely N-dealkylation sites (tertiary alicyclic amines) is 1. The van der Waals surface area contributed by atoms with Crippen molar-refractivity contribution in [1.29, 1.82) is 0 Å². The van der Waals surface area contributed by atoms with Crippen molar-refractivity contribution in [1.82, 2.24) is 35.1 Å². The van der Waals surface area contributed by atoms with E-state index in [-0.39, 0.29) is 66.0 Å². The van der Waals surface area contributed by atoms with Gasteiger partial charge in [0, 0.05) is 107 Å². The van der Waals surface area contributed by atoms with Crippen LogP contribution in [0.4, 0.5) is 5.69 Å². The number of likely N-dealkylation sites (N-methyl/N-ethyl adjacent to an activating group) is 2. The van der Waals surface area contributed by atoms with Crippen LogP contribution < -0.4 is 15.5 Å². The Morgan fingerprint density at radius 1 is 0.797 bits per heavy atom. The van der Waals surface area contributed by atoms with Crippen LogP contribution in [0.1, 0.15) is 97.1 Å². The standard InChI is InChI=1S/C56H85N9O9/c1-14-38(4)51(63(11)55(72)50(37(2)3)59-56(60(6)7)61(8)9)45(73-12)35-49(69)64-33-21-24-44(64)52(74-13)39(5)53(70)58-43(34-40-22-17-15-18-23-40)54(71)62(10)42-28-26-41(27-29-42)36-57-46(66)25-19-16-20-32-65-47(67)30-31-48(65)68/h15,17-18,22-23,26-31,37-39,43-45,50-52H,14,16,19-21,24-25,32-36H2,1-13H3,(H,57,66)(H,58,70)/t38-,39+,43-,44-,45+,50-,51-,52+/m0/s1. The number of hydrogen-bond donors (Lipinski definition) is 2. The third kappa shape index (κ3) is 16.4. The first kappa shape index (κ1) is 60.4. The number of imide groups is 1. The second-order valence-electron chi connectivity index (χ2n) is 20.6. The van der Waals surface area contributed by atoms with E-state index in [1.54, 1.807) is 57.2 Å². The van der Waals surface area contributed by atoms with Crippen LogP contribution >= 0.6 is 0 Å². The minimum Gasteiger partial charge on any atom is -0.379 e. The van der Waals surface area contributed by atoms with E-state index in [1.807, 2.05) is 94.3 Å². The van der Waals surface area contributed by atoms with Gasteiger partial charge in [-0.3, -0.25) is 38.5 Å². The Hall–Kier alpha value is -6.14. The zero-order chi connectivity index (χ0) is 54.8. The molecule has 0 saturated carbocycles. The Balaban J connectivity index is 1.43. The molecule has 0 aromatic heterocycles. The SMILES string of the molecule is CC[C@H](C)[C@@H]([C@@H](CC(=O)N1CCC[C@H]1[C@H](OC)[C@@H](C)C(=O)N[C@@H](Cc1ccccc1)C(=O)N(C)c1ccc(CNC(=O)CCCCCN2C(=O)C=CC2=O)cc1)OC)N(C)C(=O)[C@@H](N=C(N(C)C)N(C)C)C(C)C. The first-order valence-electron chi connectivity index (χ1n) is 26.2. The Labute approximate surface area is 440 Å². The molecule has 0 unspecified atom stereocenters. The number of amides is 7. The number of unbranched alkanes of at least 4 members (excludes halogenated alkanes) is 2. The summed E-state index contributed by atoms with van der Waals surface area (Å²) >= 11 is 0. The molecular formula is C56H85N9O9. The molecule has 408 valence electrons. The van der Waals surface area contributed by atoms with Crippen LogP contribution in [0.25, 0.3) is 0 Å². The highest BCUT2D eigenvalue weighted by molar-refractivity contribution is 6.12. The molecule has 1 fully saturated rings. The molecule has 0 spiro atoms. The highest BCUT2D eigenvalue weighted by atomic mass is 16.5. The molecule has 2 N–H and O–H groups in total. The van der Waals surface area contributed by atoms with Crippen molar-refractivity contribution in [2.75, 3.05) is 74.5 Å². The van der Waals surface area contributed by atoms with Gasteiger partial charge >= 0.3 is 0 Å². The smallest absolute Gasteiger partial charge is 0.253 e. The van der Waals surface area contributed by atoms with E-state index < -0.39 is 42.3 Å². The first-order valence-corrected chi connectivity index (χ1v) is 26.2. The van der Waals surface area contributed by atoms with Gasteiger partial charge in [0.25, 0.3) is 11.8 Å². The second kappa shape index (κ2) is 29.1. The molecule has 74 heavy (non-hydrogen) atoms. The normalized spacial score (nSPS) is 17.2. The topological polar surface area (TPSA) is 194 Å². The summed E-state index contributed by atoms with van der Waals surface area (Å²) in [7, 11) is 14.1. The summed E-state index contributed by atoms with van der Waals surface area (Å²) in [5.74, 6) is -1.96. The molecule has 4 rings (SSSR count). The van der Waals surface area contributed by atoms with Crippen molar-refractivity contribution in [3.63, 3.8) is 0 Å². The number of rotatable bonds is 27. The van der Waals surface area contributed by atoms with Gasteiger partial charge in [-0.1, -0.05) is 89.9 Å². The molecule has 7 amide bonds. The molecule has 2 aliphatic rings. The third-order valence-electron chi connectivity index (χ3n) is 14.4. The molecule has 2 aromatic carbocycles. The van der Waals surface area contributed by atoms with Gasteiger partial charge in [-0.25, -0.2) is 4.99 Å². The molecule has 1 saturated heterocycles. The second-order valence-corrected chi connectivity index (χ2v) is 20.6. The van der Waals surface area contributed by atoms with Crippen molar-refractivity contribution in [2.45, 2.75) is 135 Å². The summed E-state index contributed by atoms with van der Waals surface area (Å²) in [5, 5.41) is 5.99. The number of hydrogen-bond acceptors (Lipinski definition) is 10. The number of carbonyl (C=O) groups is 7. The van der Waals surface area contributed by atoms with Gasteiger partial charge in [0.2, 0.25) is 29.5 Å². The number of nitrogens with zero attached hydrogens (tertiary/aromatic N) is 7. The molecule has 0 aliphatic carbocycles. The third-order valence-corrected chi connectivity index (χ3v) is 14.4. The van der Waals surface area contributed by atoms with Gasteiger partial charge in [-0.2, -0.15) is 0 Å². The fraction of sp³-hybridized carbons (Fsp3) is 0.607. The lowest BCUT2D eigenvalue weighted by Gasteiger charge is -2.40. The van der Waals surface area contributed by atoms with Crippen molar-refractivity contribution < 1.29 is 43.0 Å². The van der Waals surface area contributed by atoms with Crippen molar-refractivity contribution in [3.05, 3.63) is 77.9 Å². The maximum atomic E-state index is 14.5. The lowest BCUT2D eigenvalue weighted by atomic mass is 9.89. The molecule has 2 aromatic rings. The molecular weight excluding hydrogens is 943 g/mol. The lowest BCUT2D eigenvalue weighted by Crippen LogP contribution is -2.56. The highest BCUT2D eigenvalue weighted by Gasteiger charge is 2.43. The van der Waals surface area contributed by atoms with Crippen LogP contribution in [0.3, 0.4) is 0 Å². The van der Waals surface area contributed by atoms with Crippen molar-refractivity contribution >= 4 is 53.0 Å². The van der Waals surface area contributed by atoms with Crippen LogP contribution in [0, 0.1) is 17.8 Å². The molecule has 0 bridgehead atoms. The monoisotopic (exact) mass is 1030 g/mol. The zero-order valence-electron chi connectivity index (χ0n) is 46.3. The highest BCUT2D eigenvalue weighted by Crippen LogP contribution is 2.30. The fourth-order valence-electron chi connectivity index (χ4n) is 9.98. The average molecular weight is 1030 g/mol. The number of nitrogens with one attached hydrogen (secondary N) is 2. The number of ether oxygens (including phenoxy) is 2. The van der Waals surface area contributed by atoms with E-state index in [0.29, 0.717) is 69.8 Å². The average Bonchev–Trinajstić information content (AvgIpc) is 3.99. The Kier molecular flexibility index (Phi) is 23.7. The molecule has 18 heteroatoms. The fourth-order valence-corrected chi connectivity index (χ4v) is 9.98. The summed E-state index contributed by atoms with van der Waals surface area (Å²) in [6, 6.07) is 14.3. The van der Waals surface area contributed by atoms with E-state index in [9.17, 15) is 33.6 Å². The quantitative estimate of drug-likeness (QED) is 0.0535. The number of aliphatic imine (C=N–C) groups is 1. The van der Waals surface area contributed by atoms with Crippen molar-refractivity contribution in [2.24, 2.45) is 22.7 Å². The molecule has 2 aliphatic heterocycles. The van der Waals surface area contributed by atoms with E-state index >= 15 is 0 Å². The minimum absolute atomic E-state index is 0.0111. The van der Waals surface area contributed by atoms with Crippen LogP contribution in [-0.4, -0.2) is 178 Å². The Morgan fingerprint density at radius 3 is 2.00 bits per heavy atom. The van der Waals surface area contributed by atoms with Crippen LogP contribution in [0.5, 0.6) is 0 Å². The maximum absolute atomic E-state index is 14.5. The Morgan fingerprint density at radius 2 is 1.43 bits per heavy atom.